The molecule has 1 aromatic carbocycles. The molecule has 0 spiro atoms. The van der Waals surface area contributed by atoms with Crippen LogP contribution in [0.4, 0.5) is 0 Å². The molecule has 0 unspecified atom stereocenters. The molecule has 2 N–H and O–H groups in total. The summed E-state index contributed by atoms with van der Waals surface area (Å²) in [7, 11) is 0. The third kappa shape index (κ3) is 4.44. The van der Waals surface area contributed by atoms with Crippen LogP contribution < -0.4 is 10.1 Å². The smallest absolute Gasteiger partial charge is 0.338 e. The predicted octanol–water partition coefficient (Wildman–Crippen LogP) is 2.54. The minimum absolute atomic E-state index is 0.175. The molecule has 0 aliphatic carbocycles. The lowest BCUT2D eigenvalue weighted by Gasteiger charge is -2.06. The van der Waals surface area contributed by atoms with Crippen LogP contribution in [0.2, 0.25) is 0 Å². The van der Waals surface area contributed by atoms with E-state index in [1.165, 1.54) is 12.3 Å². The van der Waals surface area contributed by atoms with Crippen molar-refractivity contribution in [3.63, 3.8) is 0 Å². The van der Waals surface area contributed by atoms with Crippen molar-refractivity contribution in [2.75, 3.05) is 13.2 Å². The lowest BCUT2D eigenvalue weighted by atomic mass is 10.3. The minimum Gasteiger partial charge on any atom is -0.494 e. The van der Waals surface area contributed by atoms with E-state index in [1.807, 2.05) is 30.3 Å². The normalized spacial score (nSPS) is 10.4. The Kier molecular flexibility index (Phi) is 5.20. The number of hydrogen-bond donors (Lipinski definition) is 2. The monoisotopic (exact) mass is 275 g/mol. The third-order valence-electron chi connectivity index (χ3n) is 2.71. The van der Waals surface area contributed by atoms with Crippen molar-refractivity contribution in [2.24, 2.45) is 0 Å². The van der Waals surface area contributed by atoms with E-state index in [0.29, 0.717) is 18.9 Å². The summed E-state index contributed by atoms with van der Waals surface area (Å²) in [6, 6.07) is 11.2. The van der Waals surface area contributed by atoms with Gasteiger partial charge in [-0.25, -0.2) is 4.79 Å². The molecule has 0 fully saturated rings. The van der Waals surface area contributed by atoms with Gasteiger partial charge >= 0.3 is 5.97 Å². The van der Waals surface area contributed by atoms with E-state index in [-0.39, 0.29) is 5.56 Å². The van der Waals surface area contributed by atoms with Crippen molar-refractivity contribution < 1.29 is 19.1 Å². The number of benzene rings is 1. The van der Waals surface area contributed by atoms with Gasteiger partial charge in [0, 0.05) is 0 Å². The number of carboxylic acids is 1. The average Bonchev–Trinajstić information content (AvgIpc) is 2.93. The summed E-state index contributed by atoms with van der Waals surface area (Å²) in [5, 5.41) is 11.9. The summed E-state index contributed by atoms with van der Waals surface area (Å²) >= 11 is 0. The van der Waals surface area contributed by atoms with Crippen LogP contribution in [0.15, 0.2) is 47.1 Å². The third-order valence-corrected chi connectivity index (χ3v) is 2.71. The second kappa shape index (κ2) is 7.35. The van der Waals surface area contributed by atoms with Crippen LogP contribution in [0.3, 0.4) is 0 Å². The van der Waals surface area contributed by atoms with E-state index in [4.69, 9.17) is 14.3 Å². The van der Waals surface area contributed by atoms with Crippen LogP contribution in [0.5, 0.6) is 5.75 Å². The van der Waals surface area contributed by atoms with Crippen LogP contribution in [0.1, 0.15) is 22.5 Å². The highest BCUT2D eigenvalue weighted by molar-refractivity contribution is 5.87. The van der Waals surface area contributed by atoms with Gasteiger partial charge in [0.1, 0.15) is 17.8 Å². The van der Waals surface area contributed by atoms with E-state index in [1.54, 1.807) is 0 Å². The number of carbonyl (C=O) groups is 1. The van der Waals surface area contributed by atoms with Gasteiger partial charge in [0.25, 0.3) is 0 Å². The van der Waals surface area contributed by atoms with Gasteiger partial charge < -0.3 is 19.6 Å². The lowest BCUT2D eigenvalue weighted by molar-refractivity contribution is 0.0696. The summed E-state index contributed by atoms with van der Waals surface area (Å²) in [6.45, 7) is 1.92. The van der Waals surface area contributed by atoms with E-state index in [2.05, 4.69) is 5.32 Å². The fraction of sp³-hybridized carbons (Fsp3) is 0.267. The Morgan fingerprint density at radius 1 is 1.30 bits per heavy atom. The first kappa shape index (κ1) is 14.1. The first-order chi connectivity index (χ1) is 9.75. The van der Waals surface area contributed by atoms with E-state index in [9.17, 15) is 4.79 Å². The Bertz CT molecular complexity index is 536. The fourth-order valence-electron chi connectivity index (χ4n) is 1.70. The SMILES string of the molecule is O=C(O)c1coc(CNCCCOc2ccccc2)c1. The summed E-state index contributed by atoms with van der Waals surface area (Å²) in [5.41, 5.74) is 0.175. The summed E-state index contributed by atoms with van der Waals surface area (Å²) < 4.78 is 10.7. The molecule has 1 heterocycles. The molecule has 0 aliphatic rings. The van der Waals surface area contributed by atoms with E-state index < -0.39 is 5.97 Å². The molecule has 0 radical (unpaired) electrons. The van der Waals surface area contributed by atoms with E-state index in [0.717, 1.165) is 18.7 Å². The molecular weight excluding hydrogens is 258 g/mol. The van der Waals surface area contributed by atoms with Crippen LogP contribution in [-0.4, -0.2) is 24.2 Å². The molecule has 2 aromatic rings. The number of furan rings is 1. The van der Waals surface area contributed by atoms with Gasteiger partial charge in [-0.2, -0.15) is 0 Å². The van der Waals surface area contributed by atoms with Crippen molar-refractivity contribution in [2.45, 2.75) is 13.0 Å². The van der Waals surface area contributed by atoms with Gasteiger partial charge in [0.15, 0.2) is 0 Å². The number of hydrogen-bond acceptors (Lipinski definition) is 4. The van der Waals surface area contributed by atoms with Gasteiger partial charge in [-0.3, -0.25) is 0 Å². The van der Waals surface area contributed by atoms with Gasteiger partial charge in [-0.1, -0.05) is 18.2 Å². The molecular formula is C15H17NO4. The molecule has 0 saturated heterocycles. The molecule has 2 rings (SSSR count). The molecule has 5 nitrogen and oxygen atoms in total. The van der Waals surface area contributed by atoms with Crippen LogP contribution >= 0.6 is 0 Å². The summed E-state index contributed by atoms with van der Waals surface area (Å²) in [6.07, 6.45) is 2.11. The van der Waals surface area contributed by atoms with Crippen molar-refractivity contribution in [3.8, 4) is 5.75 Å². The largest absolute Gasteiger partial charge is 0.494 e. The molecule has 0 saturated carbocycles. The highest BCUT2D eigenvalue weighted by Gasteiger charge is 2.07. The Balaban J connectivity index is 1.58. The van der Waals surface area contributed by atoms with Crippen molar-refractivity contribution in [3.05, 3.63) is 54.0 Å². The molecule has 106 valence electrons. The zero-order valence-corrected chi connectivity index (χ0v) is 11.0. The molecule has 20 heavy (non-hydrogen) atoms. The molecule has 1 aromatic heterocycles. The highest BCUT2D eigenvalue weighted by Crippen LogP contribution is 2.09. The highest BCUT2D eigenvalue weighted by atomic mass is 16.5. The Labute approximate surface area is 117 Å². The Morgan fingerprint density at radius 3 is 2.80 bits per heavy atom. The van der Waals surface area contributed by atoms with Crippen LogP contribution in [0, 0.1) is 0 Å². The quantitative estimate of drug-likeness (QED) is 0.724. The topological polar surface area (TPSA) is 71.7 Å². The number of carboxylic acid groups (broad SMARTS) is 1. The average molecular weight is 275 g/mol. The first-order valence-corrected chi connectivity index (χ1v) is 6.45. The number of rotatable bonds is 8. The standard InChI is InChI=1S/C15H17NO4/c17-15(18)12-9-14(20-11-12)10-16-7-4-8-19-13-5-2-1-3-6-13/h1-3,5-6,9,11,16H,4,7-8,10H2,(H,17,18). The zero-order chi connectivity index (χ0) is 14.2. The Morgan fingerprint density at radius 2 is 2.10 bits per heavy atom. The van der Waals surface area contributed by atoms with Gasteiger partial charge in [-0.05, 0) is 31.2 Å². The molecule has 0 amide bonds. The zero-order valence-electron chi connectivity index (χ0n) is 11.0. The first-order valence-electron chi connectivity index (χ1n) is 6.45. The van der Waals surface area contributed by atoms with Gasteiger partial charge in [-0.15, -0.1) is 0 Å². The lowest BCUT2D eigenvalue weighted by Crippen LogP contribution is -2.16. The fourth-order valence-corrected chi connectivity index (χ4v) is 1.70. The minimum atomic E-state index is -0.976. The number of ether oxygens (including phenoxy) is 1. The van der Waals surface area contributed by atoms with Gasteiger partial charge in [0.2, 0.25) is 0 Å². The van der Waals surface area contributed by atoms with Crippen LogP contribution in [0.25, 0.3) is 0 Å². The summed E-state index contributed by atoms with van der Waals surface area (Å²) in [4.78, 5) is 10.7. The van der Waals surface area contributed by atoms with Crippen molar-refractivity contribution >= 4 is 5.97 Å². The number of para-hydroxylation sites is 1. The maximum Gasteiger partial charge on any atom is 0.338 e. The number of aromatic carboxylic acids is 1. The summed E-state index contributed by atoms with van der Waals surface area (Å²) in [5.74, 6) is 0.507. The number of nitrogens with one attached hydrogen (secondary N) is 1. The van der Waals surface area contributed by atoms with Crippen molar-refractivity contribution in [1.82, 2.24) is 5.32 Å². The molecule has 0 bridgehead atoms. The molecule has 0 aliphatic heterocycles. The Hall–Kier alpha value is -2.27. The second-order valence-electron chi connectivity index (χ2n) is 4.30. The second-order valence-corrected chi connectivity index (χ2v) is 4.30. The maximum absolute atomic E-state index is 10.7. The maximum atomic E-state index is 10.7. The van der Waals surface area contributed by atoms with Crippen molar-refractivity contribution in [1.29, 1.82) is 0 Å². The molecule has 5 heteroatoms. The van der Waals surface area contributed by atoms with E-state index >= 15 is 0 Å². The predicted molar refractivity (Wildman–Crippen MR) is 73.9 cm³/mol. The molecule has 0 atom stereocenters. The van der Waals surface area contributed by atoms with Gasteiger partial charge in [0.05, 0.1) is 18.7 Å². The van der Waals surface area contributed by atoms with Crippen LogP contribution in [-0.2, 0) is 6.54 Å².